The summed E-state index contributed by atoms with van der Waals surface area (Å²) in [5.41, 5.74) is 1.25. The molecule has 0 saturated heterocycles. The smallest absolute Gasteiger partial charge is 0.188 e. The van der Waals surface area contributed by atoms with E-state index in [0.717, 1.165) is 26.7 Å². The Morgan fingerprint density at radius 1 is 1.24 bits per heavy atom. The molecule has 3 aromatic rings. The standard InChI is InChI=1S/C11H9BrN4S/c1-7-13-14-11-16(7)15-10(17-11)6-8-2-4-9(12)5-3-8/h2-5H,6H2,1H3. The second-order valence-corrected chi connectivity index (χ2v) is 5.70. The molecule has 3 rings (SSSR count). The summed E-state index contributed by atoms with van der Waals surface area (Å²) in [6.45, 7) is 1.91. The molecule has 0 aliphatic carbocycles. The molecule has 0 atom stereocenters. The molecule has 1 aromatic carbocycles. The minimum absolute atomic E-state index is 0.832. The summed E-state index contributed by atoms with van der Waals surface area (Å²) in [6.07, 6.45) is 0.834. The van der Waals surface area contributed by atoms with Gasteiger partial charge >= 0.3 is 0 Å². The van der Waals surface area contributed by atoms with Gasteiger partial charge in [0.25, 0.3) is 0 Å². The highest BCUT2D eigenvalue weighted by Gasteiger charge is 2.08. The summed E-state index contributed by atoms with van der Waals surface area (Å²) in [6, 6.07) is 8.28. The number of halogens is 1. The van der Waals surface area contributed by atoms with Gasteiger partial charge in [-0.05, 0) is 24.6 Å². The van der Waals surface area contributed by atoms with Crippen LogP contribution in [0.3, 0.4) is 0 Å². The number of aromatic nitrogens is 4. The van der Waals surface area contributed by atoms with E-state index in [1.54, 1.807) is 15.9 Å². The highest BCUT2D eigenvalue weighted by Crippen LogP contribution is 2.18. The zero-order valence-electron chi connectivity index (χ0n) is 9.09. The highest BCUT2D eigenvalue weighted by molar-refractivity contribution is 9.10. The Kier molecular flexibility index (Phi) is 2.68. The molecule has 2 heterocycles. The normalized spacial score (nSPS) is 11.2. The van der Waals surface area contributed by atoms with Gasteiger partial charge in [-0.1, -0.05) is 39.4 Å². The molecule has 4 nitrogen and oxygen atoms in total. The van der Waals surface area contributed by atoms with E-state index >= 15 is 0 Å². The number of hydrogen-bond acceptors (Lipinski definition) is 4. The maximum Gasteiger partial charge on any atom is 0.234 e. The molecule has 0 radical (unpaired) electrons. The van der Waals surface area contributed by atoms with E-state index in [9.17, 15) is 0 Å². The van der Waals surface area contributed by atoms with Crippen molar-refractivity contribution >= 4 is 32.2 Å². The highest BCUT2D eigenvalue weighted by atomic mass is 79.9. The number of aryl methyl sites for hydroxylation is 1. The maximum absolute atomic E-state index is 4.49. The first-order valence-corrected chi connectivity index (χ1v) is 6.75. The topological polar surface area (TPSA) is 43.1 Å². The molecule has 0 amide bonds. The molecular formula is C11H9BrN4S. The quantitative estimate of drug-likeness (QED) is 0.731. The Morgan fingerprint density at radius 3 is 2.71 bits per heavy atom. The molecule has 0 unspecified atom stereocenters. The fourth-order valence-corrected chi connectivity index (χ4v) is 2.78. The molecule has 0 N–H and O–H groups in total. The van der Waals surface area contributed by atoms with Crippen molar-refractivity contribution in [1.82, 2.24) is 19.8 Å². The Morgan fingerprint density at radius 2 is 2.00 bits per heavy atom. The molecule has 6 heteroatoms. The lowest BCUT2D eigenvalue weighted by molar-refractivity contribution is 0.864. The van der Waals surface area contributed by atoms with Crippen LogP contribution in [0.25, 0.3) is 4.96 Å². The second-order valence-electron chi connectivity index (χ2n) is 3.74. The summed E-state index contributed by atoms with van der Waals surface area (Å²) in [5, 5.41) is 13.6. The maximum atomic E-state index is 4.49. The number of hydrogen-bond donors (Lipinski definition) is 0. The average molecular weight is 309 g/mol. The summed E-state index contributed by atoms with van der Waals surface area (Å²) >= 11 is 5.01. The molecule has 0 spiro atoms. The first-order valence-electron chi connectivity index (χ1n) is 5.14. The monoisotopic (exact) mass is 308 g/mol. The first kappa shape index (κ1) is 10.9. The third-order valence-corrected chi connectivity index (χ3v) is 3.88. The van der Waals surface area contributed by atoms with Gasteiger partial charge in [0, 0.05) is 10.9 Å². The van der Waals surface area contributed by atoms with Gasteiger partial charge in [0.15, 0.2) is 5.82 Å². The van der Waals surface area contributed by atoms with Crippen molar-refractivity contribution in [3.05, 3.63) is 45.1 Å². The van der Waals surface area contributed by atoms with Crippen LogP contribution >= 0.6 is 27.3 Å². The first-order chi connectivity index (χ1) is 8.22. The van der Waals surface area contributed by atoms with Crippen molar-refractivity contribution in [2.24, 2.45) is 0 Å². The van der Waals surface area contributed by atoms with E-state index in [1.165, 1.54) is 5.56 Å². The minimum atomic E-state index is 0.832. The van der Waals surface area contributed by atoms with Crippen LogP contribution in [0.15, 0.2) is 28.7 Å². The van der Waals surface area contributed by atoms with Gasteiger partial charge in [-0.25, -0.2) is 0 Å². The zero-order chi connectivity index (χ0) is 11.8. The Hall–Kier alpha value is -1.27. The van der Waals surface area contributed by atoms with Crippen LogP contribution in [0.4, 0.5) is 0 Å². The largest absolute Gasteiger partial charge is 0.234 e. The minimum Gasteiger partial charge on any atom is -0.188 e. The average Bonchev–Trinajstić information content (AvgIpc) is 2.85. The van der Waals surface area contributed by atoms with Crippen molar-refractivity contribution in [2.75, 3.05) is 0 Å². The van der Waals surface area contributed by atoms with Crippen molar-refractivity contribution in [3.8, 4) is 0 Å². The van der Waals surface area contributed by atoms with Crippen LogP contribution in [-0.2, 0) is 6.42 Å². The summed E-state index contributed by atoms with van der Waals surface area (Å²) in [7, 11) is 0. The lowest BCUT2D eigenvalue weighted by atomic mass is 10.2. The molecule has 0 aliphatic rings. The Labute approximate surface area is 110 Å². The molecule has 17 heavy (non-hydrogen) atoms. The van der Waals surface area contributed by atoms with Gasteiger partial charge < -0.3 is 0 Å². The van der Waals surface area contributed by atoms with Crippen molar-refractivity contribution in [3.63, 3.8) is 0 Å². The molecule has 0 aliphatic heterocycles. The Balaban J connectivity index is 1.91. The van der Waals surface area contributed by atoms with Crippen LogP contribution < -0.4 is 0 Å². The van der Waals surface area contributed by atoms with Gasteiger partial charge in [-0.2, -0.15) is 9.61 Å². The van der Waals surface area contributed by atoms with E-state index in [0.29, 0.717) is 0 Å². The van der Waals surface area contributed by atoms with Crippen molar-refractivity contribution in [2.45, 2.75) is 13.3 Å². The molecule has 2 aromatic heterocycles. The fraction of sp³-hybridized carbons (Fsp3) is 0.182. The van der Waals surface area contributed by atoms with E-state index in [2.05, 4.69) is 43.4 Å². The third-order valence-electron chi connectivity index (χ3n) is 2.46. The van der Waals surface area contributed by atoms with Crippen molar-refractivity contribution in [1.29, 1.82) is 0 Å². The van der Waals surface area contributed by atoms with Gasteiger partial charge in [-0.3, -0.25) is 0 Å². The number of rotatable bonds is 2. The van der Waals surface area contributed by atoms with Crippen LogP contribution in [0.1, 0.15) is 16.4 Å². The summed E-state index contributed by atoms with van der Waals surface area (Å²) in [5.74, 6) is 0.832. The van der Waals surface area contributed by atoms with E-state index in [-0.39, 0.29) is 0 Å². The van der Waals surface area contributed by atoms with Crippen LogP contribution in [0.2, 0.25) is 0 Å². The lowest BCUT2D eigenvalue weighted by Gasteiger charge is -1.97. The van der Waals surface area contributed by atoms with Gasteiger partial charge in [0.2, 0.25) is 4.96 Å². The SMILES string of the molecule is Cc1nnc2sc(Cc3ccc(Br)cc3)nn12. The number of fused-ring (bicyclic) bond motifs is 1. The van der Waals surface area contributed by atoms with Gasteiger partial charge in [-0.15, -0.1) is 10.2 Å². The number of benzene rings is 1. The third kappa shape index (κ3) is 2.10. The predicted molar refractivity (Wildman–Crippen MR) is 70.3 cm³/mol. The summed E-state index contributed by atoms with van der Waals surface area (Å²) < 4.78 is 2.88. The van der Waals surface area contributed by atoms with Crippen LogP contribution in [0, 0.1) is 6.92 Å². The molecule has 0 saturated carbocycles. The fourth-order valence-electron chi connectivity index (χ4n) is 1.60. The van der Waals surface area contributed by atoms with E-state index < -0.39 is 0 Å². The zero-order valence-corrected chi connectivity index (χ0v) is 11.5. The predicted octanol–water partition coefficient (Wildman–Crippen LogP) is 2.85. The van der Waals surface area contributed by atoms with E-state index in [4.69, 9.17) is 0 Å². The Bertz CT molecular complexity index is 656. The van der Waals surface area contributed by atoms with Crippen LogP contribution in [0.5, 0.6) is 0 Å². The molecule has 0 fully saturated rings. The number of nitrogens with zero attached hydrogens (tertiary/aromatic N) is 4. The van der Waals surface area contributed by atoms with E-state index in [1.807, 2.05) is 19.1 Å². The molecule has 0 bridgehead atoms. The van der Waals surface area contributed by atoms with Crippen LogP contribution in [-0.4, -0.2) is 19.8 Å². The second kappa shape index (κ2) is 4.19. The molecule has 86 valence electrons. The summed E-state index contributed by atoms with van der Waals surface area (Å²) in [4.78, 5) is 0.856. The molecular weight excluding hydrogens is 300 g/mol. The van der Waals surface area contributed by atoms with Gasteiger partial charge in [0.1, 0.15) is 5.01 Å². The lowest BCUT2D eigenvalue weighted by Crippen LogP contribution is -1.92. The van der Waals surface area contributed by atoms with Crippen molar-refractivity contribution < 1.29 is 0 Å². The van der Waals surface area contributed by atoms with Gasteiger partial charge in [0.05, 0.1) is 0 Å².